The molecule has 1 heterocycles. The zero-order chi connectivity index (χ0) is 17.3. The summed E-state index contributed by atoms with van der Waals surface area (Å²) in [7, 11) is 0. The van der Waals surface area contributed by atoms with Crippen LogP contribution in [0.5, 0.6) is 0 Å². The van der Waals surface area contributed by atoms with Crippen molar-refractivity contribution in [3.8, 4) is 0 Å². The summed E-state index contributed by atoms with van der Waals surface area (Å²) in [5.41, 5.74) is 0. The largest absolute Gasteiger partial charge is 0.481 e. The van der Waals surface area contributed by atoms with Crippen molar-refractivity contribution in [2.75, 3.05) is 0 Å². The minimum atomic E-state index is -0.714. The molecular formula is C17H27NO5. The quantitative estimate of drug-likeness (QED) is 0.565. The Kier molecular flexibility index (Phi) is 13.7. The number of ketones is 1. The highest BCUT2D eigenvalue weighted by Gasteiger charge is 1.98. The first-order chi connectivity index (χ1) is 11.0. The molecule has 0 bridgehead atoms. The first kappa shape index (κ1) is 21.0. The van der Waals surface area contributed by atoms with E-state index in [-0.39, 0.29) is 18.6 Å². The van der Waals surface area contributed by atoms with Crippen molar-refractivity contribution < 1.29 is 24.6 Å². The Bertz CT molecular complexity index is 393. The molecule has 0 aromatic heterocycles. The summed E-state index contributed by atoms with van der Waals surface area (Å²) in [5, 5.41) is 16.8. The number of hydrogen-bond donors (Lipinski definition) is 2. The first-order valence-corrected chi connectivity index (χ1v) is 8.17. The Labute approximate surface area is 137 Å². The fraction of sp³-hybridized carbons (Fsp3) is 0.647. The molecule has 0 atom stereocenters. The lowest BCUT2D eigenvalue weighted by molar-refractivity contribution is -0.138. The predicted octanol–water partition coefficient (Wildman–Crippen LogP) is 3.60. The third-order valence-electron chi connectivity index (χ3n) is 3.28. The van der Waals surface area contributed by atoms with Crippen LogP contribution in [0.4, 0.5) is 0 Å². The van der Waals surface area contributed by atoms with Gasteiger partial charge in [0.1, 0.15) is 0 Å². The number of allylic oxidation sites excluding steroid dienone is 1. The number of unbranched alkanes of at least 4 members (excludes halogenated alkanes) is 7. The number of carbonyl (C=O) groups is 3. The third kappa shape index (κ3) is 18.0. The van der Waals surface area contributed by atoms with E-state index in [4.69, 9.17) is 10.2 Å². The van der Waals surface area contributed by atoms with E-state index < -0.39 is 11.9 Å². The molecule has 1 rings (SSSR count). The van der Waals surface area contributed by atoms with Crippen molar-refractivity contribution in [1.29, 1.82) is 0 Å². The topological polar surface area (TPSA) is 104 Å². The zero-order valence-electron chi connectivity index (χ0n) is 13.6. The van der Waals surface area contributed by atoms with Gasteiger partial charge in [-0.05, 0) is 18.9 Å². The van der Waals surface area contributed by atoms with Crippen LogP contribution in [0.3, 0.4) is 0 Å². The molecule has 6 nitrogen and oxygen atoms in total. The second kappa shape index (κ2) is 14.9. The van der Waals surface area contributed by atoms with Gasteiger partial charge >= 0.3 is 11.9 Å². The molecule has 0 aromatic rings. The molecule has 1 aliphatic rings. The zero-order valence-corrected chi connectivity index (χ0v) is 13.6. The number of hydrogen-bond acceptors (Lipinski definition) is 4. The maximum Gasteiger partial charge on any atom is 0.303 e. The van der Waals surface area contributed by atoms with Gasteiger partial charge in [-0.2, -0.15) is 0 Å². The molecule has 0 radical (unpaired) electrons. The van der Waals surface area contributed by atoms with Gasteiger partial charge in [0.15, 0.2) is 5.78 Å². The summed E-state index contributed by atoms with van der Waals surface area (Å²) in [5.74, 6) is -1.29. The molecule has 130 valence electrons. The Balaban J connectivity index is 0.000000568. The molecule has 0 aromatic carbocycles. The lowest BCUT2D eigenvalue weighted by atomic mass is 10.1. The lowest BCUT2D eigenvalue weighted by Crippen LogP contribution is -1.95. The van der Waals surface area contributed by atoms with E-state index in [1.807, 2.05) is 0 Å². The average molecular weight is 325 g/mol. The monoisotopic (exact) mass is 325 g/mol. The molecule has 23 heavy (non-hydrogen) atoms. The molecule has 0 unspecified atom stereocenters. The molecule has 0 spiro atoms. The van der Waals surface area contributed by atoms with E-state index in [0.717, 1.165) is 51.4 Å². The second-order valence-electron chi connectivity index (χ2n) is 5.43. The smallest absolute Gasteiger partial charge is 0.303 e. The average Bonchev–Trinajstić information content (AvgIpc) is 2.50. The summed E-state index contributed by atoms with van der Waals surface area (Å²) >= 11 is 0. The van der Waals surface area contributed by atoms with Crippen LogP contribution >= 0.6 is 0 Å². The van der Waals surface area contributed by atoms with Gasteiger partial charge < -0.3 is 10.2 Å². The van der Waals surface area contributed by atoms with E-state index >= 15 is 0 Å². The molecule has 0 amide bonds. The summed E-state index contributed by atoms with van der Waals surface area (Å²) in [4.78, 5) is 34.4. The first-order valence-electron chi connectivity index (χ1n) is 8.17. The van der Waals surface area contributed by atoms with E-state index in [2.05, 4.69) is 4.99 Å². The maximum absolute atomic E-state index is 10.3. The summed E-state index contributed by atoms with van der Waals surface area (Å²) in [6, 6.07) is 0. The third-order valence-corrected chi connectivity index (χ3v) is 3.28. The molecule has 0 saturated carbocycles. The highest BCUT2D eigenvalue weighted by molar-refractivity contribution is 6.00. The maximum atomic E-state index is 10.3. The number of carboxylic acids is 2. The van der Waals surface area contributed by atoms with Crippen molar-refractivity contribution in [3.05, 3.63) is 12.3 Å². The number of aliphatic imine (C=N–C) groups is 1. The number of rotatable bonds is 11. The van der Waals surface area contributed by atoms with Gasteiger partial charge in [0.25, 0.3) is 0 Å². The minimum Gasteiger partial charge on any atom is -0.481 e. The van der Waals surface area contributed by atoms with Gasteiger partial charge in [-0.15, -0.1) is 0 Å². The molecule has 1 aliphatic heterocycles. The molecule has 2 N–H and O–H groups in total. The molecular weight excluding hydrogens is 298 g/mol. The minimum absolute atomic E-state index is 0.134. The number of nitrogens with zero attached hydrogens (tertiary/aromatic N) is 1. The number of aliphatic carboxylic acids is 2. The van der Waals surface area contributed by atoms with Gasteiger partial charge in [0.05, 0.1) is 0 Å². The van der Waals surface area contributed by atoms with Crippen molar-refractivity contribution in [1.82, 2.24) is 0 Å². The van der Waals surface area contributed by atoms with Crippen LogP contribution in [0, 0.1) is 0 Å². The number of carbonyl (C=O) groups excluding carboxylic acids is 1. The molecule has 0 saturated heterocycles. The van der Waals surface area contributed by atoms with E-state index in [9.17, 15) is 14.4 Å². The van der Waals surface area contributed by atoms with Crippen LogP contribution in [0.2, 0.25) is 0 Å². The second-order valence-corrected chi connectivity index (χ2v) is 5.43. The lowest BCUT2D eigenvalue weighted by Gasteiger charge is -2.00. The van der Waals surface area contributed by atoms with Gasteiger partial charge in [0.2, 0.25) is 0 Å². The van der Waals surface area contributed by atoms with Crippen LogP contribution in [-0.4, -0.2) is 34.1 Å². The van der Waals surface area contributed by atoms with Crippen LogP contribution in [0.25, 0.3) is 0 Å². The highest BCUT2D eigenvalue weighted by atomic mass is 16.4. The van der Waals surface area contributed by atoms with Crippen molar-refractivity contribution in [2.45, 2.75) is 70.6 Å². The molecule has 6 heteroatoms. The Hall–Kier alpha value is -1.98. The van der Waals surface area contributed by atoms with Gasteiger partial charge in [-0.3, -0.25) is 19.4 Å². The van der Waals surface area contributed by atoms with Crippen molar-refractivity contribution in [3.63, 3.8) is 0 Å². The van der Waals surface area contributed by atoms with E-state index in [1.165, 1.54) is 12.3 Å². The normalized spacial score (nSPS) is 12.6. The summed E-state index contributed by atoms with van der Waals surface area (Å²) < 4.78 is 0. The van der Waals surface area contributed by atoms with Crippen molar-refractivity contribution >= 4 is 23.9 Å². The Morgan fingerprint density at radius 2 is 1.30 bits per heavy atom. The van der Waals surface area contributed by atoms with Gasteiger partial charge in [-0.25, -0.2) is 0 Å². The fourth-order valence-electron chi connectivity index (χ4n) is 2.01. The predicted molar refractivity (Wildman–Crippen MR) is 88.7 cm³/mol. The van der Waals surface area contributed by atoms with Crippen LogP contribution in [-0.2, 0) is 14.4 Å². The Morgan fingerprint density at radius 3 is 1.57 bits per heavy atom. The van der Waals surface area contributed by atoms with Crippen LogP contribution in [0.1, 0.15) is 70.6 Å². The van der Waals surface area contributed by atoms with Crippen LogP contribution in [0.15, 0.2) is 17.3 Å². The molecule has 0 aliphatic carbocycles. The van der Waals surface area contributed by atoms with Gasteiger partial charge in [-0.1, -0.05) is 38.5 Å². The fourth-order valence-corrected chi connectivity index (χ4v) is 2.01. The van der Waals surface area contributed by atoms with Gasteiger partial charge in [0, 0.05) is 31.7 Å². The van der Waals surface area contributed by atoms with E-state index in [0.29, 0.717) is 6.42 Å². The summed E-state index contributed by atoms with van der Waals surface area (Å²) in [6.07, 6.45) is 13.6. The SMILES string of the molecule is O=C(O)CCCCCCCCCCC(=O)O.O=C1C=CN=CC1. The standard InChI is InChI=1S/C12H22O4.C5H5NO/c13-11(14)9-7-5-3-1-2-4-6-8-10-12(15)16;7-5-1-3-6-4-2-5/h1-10H2,(H,13,14)(H,15,16);1,3-4H,2H2. The summed E-state index contributed by atoms with van der Waals surface area (Å²) in [6.45, 7) is 0. The molecule has 0 fully saturated rings. The van der Waals surface area contributed by atoms with E-state index in [1.54, 1.807) is 6.21 Å². The Morgan fingerprint density at radius 1 is 0.870 bits per heavy atom. The van der Waals surface area contributed by atoms with Crippen molar-refractivity contribution in [2.24, 2.45) is 4.99 Å². The van der Waals surface area contributed by atoms with Crippen LogP contribution < -0.4 is 0 Å². The highest BCUT2D eigenvalue weighted by Crippen LogP contribution is 2.10. The number of carboxylic acid groups (broad SMARTS) is 2.